The lowest BCUT2D eigenvalue weighted by Crippen LogP contribution is -2.27. The van der Waals surface area contributed by atoms with E-state index in [1.165, 1.54) is 0 Å². The van der Waals surface area contributed by atoms with E-state index in [1.807, 2.05) is 20.8 Å². The van der Waals surface area contributed by atoms with Crippen LogP contribution in [-0.2, 0) is 0 Å². The summed E-state index contributed by atoms with van der Waals surface area (Å²) in [6.07, 6.45) is 0. The van der Waals surface area contributed by atoms with Gasteiger partial charge in [0, 0.05) is 11.6 Å². The molecule has 0 spiro atoms. The summed E-state index contributed by atoms with van der Waals surface area (Å²) >= 11 is 3.15. The molecule has 0 bridgehead atoms. The minimum atomic E-state index is -0.292. The largest absolute Gasteiger partial charge is 0.323 e. The second kappa shape index (κ2) is 5.28. The molecule has 1 aromatic rings. The molecule has 0 heterocycles. The second-order valence-electron chi connectivity index (χ2n) is 4.49. The van der Waals surface area contributed by atoms with Crippen LogP contribution in [0.25, 0.3) is 0 Å². The van der Waals surface area contributed by atoms with Crippen LogP contribution in [0, 0.1) is 11.2 Å². The first-order chi connectivity index (χ1) is 6.34. The Hall–Kier alpha value is -0.120. The van der Waals surface area contributed by atoms with Gasteiger partial charge < -0.3 is 5.73 Å². The van der Waals surface area contributed by atoms with Crippen LogP contribution in [0.15, 0.2) is 22.7 Å². The predicted octanol–water partition coefficient (Wildman–Crippen LogP) is 4.06. The Morgan fingerprint density at radius 2 is 1.87 bits per heavy atom. The number of halogens is 3. The van der Waals surface area contributed by atoms with Crippen LogP contribution >= 0.6 is 28.3 Å². The summed E-state index contributed by atoms with van der Waals surface area (Å²) in [4.78, 5) is 0. The third-order valence-corrected chi connectivity index (χ3v) is 2.86. The summed E-state index contributed by atoms with van der Waals surface area (Å²) in [5, 5.41) is 0. The Bertz CT molecular complexity index is 336. The van der Waals surface area contributed by atoms with Gasteiger partial charge >= 0.3 is 0 Å². The van der Waals surface area contributed by atoms with Crippen molar-refractivity contribution in [2.24, 2.45) is 11.1 Å². The fourth-order valence-corrected chi connectivity index (χ4v) is 1.61. The van der Waals surface area contributed by atoms with Gasteiger partial charge in [-0.15, -0.1) is 12.4 Å². The Morgan fingerprint density at radius 1 is 1.33 bits per heavy atom. The molecule has 0 amide bonds. The number of nitrogens with two attached hydrogens (primary N) is 1. The number of hydrogen-bond donors (Lipinski definition) is 1. The molecule has 0 radical (unpaired) electrons. The van der Waals surface area contributed by atoms with Gasteiger partial charge in [-0.25, -0.2) is 4.39 Å². The van der Waals surface area contributed by atoms with Crippen molar-refractivity contribution in [2.75, 3.05) is 0 Å². The van der Waals surface area contributed by atoms with E-state index >= 15 is 0 Å². The van der Waals surface area contributed by atoms with Crippen LogP contribution < -0.4 is 5.73 Å². The quantitative estimate of drug-likeness (QED) is 0.831. The molecule has 0 unspecified atom stereocenters. The van der Waals surface area contributed by atoms with Gasteiger partial charge in [0.2, 0.25) is 0 Å². The molecule has 1 atom stereocenters. The Morgan fingerprint density at radius 3 is 2.33 bits per heavy atom. The third-order valence-electron chi connectivity index (χ3n) is 2.25. The lowest BCUT2D eigenvalue weighted by Gasteiger charge is -2.27. The van der Waals surface area contributed by atoms with Crippen molar-refractivity contribution < 1.29 is 4.39 Å². The molecule has 0 aliphatic rings. The molecule has 15 heavy (non-hydrogen) atoms. The standard InChI is InChI=1S/C11H15BrFN.ClH/c1-11(2,3)10(14)7-5-4-6-8(12)9(7)13;/h4-6,10H,14H2,1-3H3;1H/t10-;/m0./s1. The SMILES string of the molecule is CC(C)(C)[C@@H](N)c1cccc(Br)c1F.Cl. The van der Waals surface area contributed by atoms with E-state index in [4.69, 9.17) is 5.73 Å². The molecule has 0 fully saturated rings. The van der Waals surface area contributed by atoms with Gasteiger partial charge in [-0.1, -0.05) is 32.9 Å². The molecule has 0 aliphatic heterocycles. The zero-order valence-electron chi connectivity index (χ0n) is 9.05. The lowest BCUT2D eigenvalue weighted by molar-refractivity contribution is 0.319. The molecule has 0 saturated carbocycles. The summed E-state index contributed by atoms with van der Waals surface area (Å²) in [6.45, 7) is 5.99. The minimum absolute atomic E-state index is 0. The molecule has 1 nitrogen and oxygen atoms in total. The van der Waals surface area contributed by atoms with Gasteiger partial charge in [0.15, 0.2) is 0 Å². The average molecular weight is 297 g/mol. The molecule has 1 rings (SSSR count). The molecule has 0 aromatic heterocycles. The lowest BCUT2D eigenvalue weighted by atomic mass is 9.83. The van der Waals surface area contributed by atoms with Crippen molar-refractivity contribution in [1.29, 1.82) is 0 Å². The highest BCUT2D eigenvalue weighted by atomic mass is 79.9. The second-order valence-corrected chi connectivity index (χ2v) is 5.34. The smallest absolute Gasteiger partial charge is 0.142 e. The van der Waals surface area contributed by atoms with Crippen molar-refractivity contribution in [3.63, 3.8) is 0 Å². The molecule has 2 N–H and O–H groups in total. The van der Waals surface area contributed by atoms with Crippen molar-refractivity contribution >= 4 is 28.3 Å². The molecular formula is C11H16BrClFN. The van der Waals surface area contributed by atoms with Crippen LogP contribution in [0.2, 0.25) is 0 Å². The molecule has 4 heteroatoms. The number of benzene rings is 1. The van der Waals surface area contributed by atoms with Gasteiger partial charge in [0.1, 0.15) is 5.82 Å². The first kappa shape index (κ1) is 14.9. The minimum Gasteiger partial charge on any atom is -0.323 e. The van der Waals surface area contributed by atoms with Gasteiger partial charge in [-0.3, -0.25) is 0 Å². The highest BCUT2D eigenvalue weighted by Crippen LogP contribution is 2.33. The summed E-state index contributed by atoms with van der Waals surface area (Å²) in [6, 6.07) is 4.91. The maximum atomic E-state index is 13.7. The van der Waals surface area contributed by atoms with E-state index in [-0.39, 0.29) is 29.7 Å². The molecule has 1 aromatic carbocycles. The van der Waals surface area contributed by atoms with Gasteiger partial charge in [0.05, 0.1) is 4.47 Å². The highest BCUT2D eigenvalue weighted by Gasteiger charge is 2.25. The maximum absolute atomic E-state index is 13.7. The monoisotopic (exact) mass is 295 g/mol. The Labute approximate surface area is 105 Å². The predicted molar refractivity (Wildman–Crippen MR) is 67.7 cm³/mol. The third kappa shape index (κ3) is 3.44. The van der Waals surface area contributed by atoms with Gasteiger partial charge in [0.25, 0.3) is 0 Å². The number of rotatable bonds is 1. The van der Waals surface area contributed by atoms with Crippen molar-refractivity contribution in [3.05, 3.63) is 34.1 Å². The summed E-state index contributed by atoms with van der Waals surface area (Å²) in [5.41, 5.74) is 6.41. The van der Waals surface area contributed by atoms with Gasteiger partial charge in [-0.2, -0.15) is 0 Å². The Kier molecular flexibility index (Phi) is 5.24. The van der Waals surface area contributed by atoms with Gasteiger partial charge in [-0.05, 0) is 27.4 Å². The maximum Gasteiger partial charge on any atom is 0.142 e. The molecule has 0 aliphatic carbocycles. The van der Waals surface area contributed by atoms with Crippen molar-refractivity contribution in [1.82, 2.24) is 0 Å². The zero-order chi connectivity index (χ0) is 10.9. The first-order valence-electron chi connectivity index (χ1n) is 4.53. The number of hydrogen-bond acceptors (Lipinski definition) is 1. The topological polar surface area (TPSA) is 26.0 Å². The fraction of sp³-hybridized carbons (Fsp3) is 0.455. The van der Waals surface area contributed by atoms with Crippen LogP contribution in [-0.4, -0.2) is 0 Å². The van der Waals surface area contributed by atoms with E-state index < -0.39 is 0 Å². The van der Waals surface area contributed by atoms with Crippen molar-refractivity contribution in [2.45, 2.75) is 26.8 Å². The van der Waals surface area contributed by atoms with Crippen LogP contribution in [0.1, 0.15) is 32.4 Å². The summed E-state index contributed by atoms with van der Waals surface area (Å²) in [7, 11) is 0. The molecular weight excluding hydrogens is 280 g/mol. The van der Waals surface area contributed by atoms with Crippen LogP contribution in [0.3, 0.4) is 0 Å². The zero-order valence-corrected chi connectivity index (χ0v) is 11.5. The van der Waals surface area contributed by atoms with E-state index in [0.717, 1.165) is 0 Å². The van der Waals surface area contributed by atoms with Crippen LogP contribution in [0.5, 0.6) is 0 Å². The van der Waals surface area contributed by atoms with Crippen LogP contribution in [0.4, 0.5) is 4.39 Å². The van der Waals surface area contributed by atoms with Crippen molar-refractivity contribution in [3.8, 4) is 0 Å². The Balaban J connectivity index is 0.00000196. The molecule has 86 valence electrons. The fourth-order valence-electron chi connectivity index (χ4n) is 1.23. The van der Waals surface area contributed by atoms with E-state index in [0.29, 0.717) is 10.0 Å². The average Bonchev–Trinajstić information content (AvgIpc) is 2.07. The van der Waals surface area contributed by atoms with E-state index in [9.17, 15) is 4.39 Å². The van der Waals surface area contributed by atoms with E-state index in [2.05, 4.69) is 15.9 Å². The first-order valence-corrected chi connectivity index (χ1v) is 5.33. The summed E-state index contributed by atoms with van der Waals surface area (Å²) in [5.74, 6) is -0.255. The molecule has 0 saturated heterocycles. The normalized spacial score (nSPS) is 13.2. The van der Waals surface area contributed by atoms with E-state index in [1.54, 1.807) is 18.2 Å². The highest BCUT2D eigenvalue weighted by molar-refractivity contribution is 9.10. The summed E-state index contributed by atoms with van der Waals surface area (Å²) < 4.78 is 14.1.